The highest BCUT2D eigenvalue weighted by molar-refractivity contribution is 7.99. The average Bonchev–Trinajstić information content (AvgIpc) is 2.94. The summed E-state index contributed by atoms with van der Waals surface area (Å²) in [5.74, 6) is -1.11. The van der Waals surface area contributed by atoms with Gasteiger partial charge in [-0.3, -0.25) is 14.0 Å². The molecule has 7 nitrogen and oxygen atoms in total. The number of hydrogen-bond acceptors (Lipinski definition) is 6. The van der Waals surface area contributed by atoms with Crippen LogP contribution in [0.2, 0.25) is 0 Å². The van der Waals surface area contributed by atoms with E-state index in [1.165, 1.54) is 35.6 Å². The number of sulfonamides is 1. The SMILES string of the molecule is CN(c1ccccc1)S(=O)(=O)c1ccc(C(=O)OCC(=O)N2c3ccccc3Sc3ccccc32)cc1. The molecule has 37 heavy (non-hydrogen) atoms. The summed E-state index contributed by atoms with van der Waals surface area (Å²) < 4.78 is 32.4. The molecule has 0 aliphatic carbocycles. The van der Waals surface area contributed by atoms with Crippen LogP contribution >= 0.6 is 11.8 Å². The molecule has 1 aliphatic heterocycles. The van der Waals surface area contributed by atoms with Crippen molar-refractivity contribution in [1.82, 2.24) is 0 Å². The predicted molar refractivity (Wildman–Crippen MR) is 143 cm³/mol. The molecule has 4 aromatic carbocycles. The van der Waals surface area contributed by atoms with Crippen LogP contribution < -0.4 is 9.21 Å². The van der Waals surface area contributed by atoms with Gasteiger partial charge in [0.05, 0.1) is 27.5 Å². The molecule has 9 heteroatoms. The maximum Gasteiger partial charge on any atom is 0.338 e. The molecule has 0 unspecified atom stereocenters. The molecule has 5 rings (SSSR count). The van der Waals surface area contributed by atoms with Gasteiger partial charge in [0.25, 0.3) is 15.9 Å². The number of amides is 1. The number of benzene rings is 4. The standard InChI is InChI=1S/C28H22N2O5S2/c1-29(21-9-3-2-4-10-21)37(33,34)22-17-15-20(16-18-22)28(32)35-19-27(31)30-23-11-5-7-13-25(23)36-26-14-8-6-12-24(26)30/h2-18H,19H2,1H3. The first-order valence-corrected chi connectivity index (χ1v) is 13.6. The Balaban J connectivity index is 1.29. The number of anilines is 3. The lowest BCUT2D eigenvalue weighted by atomic mass is 10.2. The Morgan fingerprint density at radius 1 is 0.784 bits per heavy atom. The van der Waals surface area contributed by atoms with Gasteiger partial charge in [-0.2, -0.15) is 0 Å². The van der Waals surface area contributed by atoms with Crippen molar-refractivity contribution in [3.63, 3.8) is 0 Å². The molecular weight excluding hydrogens is 508 g/mol. The highest BCUT2D eigenvalue weighted by Crippen LogP contribution is 2.47. The minimum Gasteiger partial charge on any atom is -0.452 e. The second-order valence-corrected chi connectivity index (χ2v) is 11.2. The van der Waals surface area contributed by atoms with Crippen LogP contribution in [0.15, 0.2) is 118 Å². The van der Waals surface area contributed by atoms with Crippen LogP contribution in [0.4, 0.5) is 17.1 Å². The quantitative estimate of drug-likeness (QED) is 0.306. The number of fused-ring (bicyclic) bond motifs is 2. The fourth-order valence-electron chi connectivity index (χ4n) is 3.95. The zero-order valence-corrected chi connectivity index (χ0v) is 21.4. The maximum absolute atomic E-state index is 13.2. The molecule has 0 aromatic heterocycles. The van der Waals surface area contributed by atoms with Crippen molar-refractivity contribution in [1.29, 1.82) is 0 Å². The van der Waals surface area contributed by atoms with Gasteiger partial charge in [0.15, 0.2) is 6.61 Å². The lowest BCUT2D eigenvalue weighted by molar-refractivity contribution is -0.121. The number of para-hydroxylation sites is 3. The summed E-state index contributed by atoms with van der Waals surface area (Å²) in [6, 6.07) is 29.2. The summed E-state index contributed by atoms with van der Waals surface area (Å²) in [4.78, 5) is 29.3. The second-order valence-electron chi connectivity index (χ2n) is 8.18. The van der Waals surface area contributed by atoms with E-state index < -0.39 is 28.5 Å². The Morgan fingerprint density at radius 2 is 1.32 bits per heavy atom. The number of carbonyl (C=O) groups is 2. The lowest BCUT2D eigenvalue weighted by Gasteiger charge is -2.30. The molecule has 0 spiro atoms. The van der Waals surface area contributed by atoms with Crippen molar-refractivity contribution < 1.29 is 22.7 Å². The zero-order valence-electron chi connectivity index (χ0n) is 19.8. The molecule has 1 aliphatic rings. The fraction of sp³-hybridized carbons (Fsp3) is 0.0714. The van der Waals surface area contributed by atoms with Gasteiger partial charge in [-0.05, 0) is 60.7 Å². The van der Waals surface area contributed by atoms with Crippen LogP contribution in [0.3, 0.4) is 0 Å². The number of ether oxygens (including phenoxy) is 1. The summed E-state index contributed by atoms with van der Waals surface area (Å²) in [5, 5.41) is 0. The van der Waals surface area contributed by atoms with Gasteiger partial charge in [0, 0.05) is 16.8 Å². The third kappa shape index (κ3) is 4.83. The summed E-state index contributed by atoms with van der Waals surface area (Å²) in [5.41, 5.74) is 2.11. The van der Waals surface area contributed by atoms with Crippen LogP contribution in [0.1, 0.15) is 10.4 Å². The first-order valence-electron chi connectivity index (χ1n) is 11.4. The monoisotopic (exact) mass is 530 g/mol. The zero-order chi connectivity index (χ0) is 26.0. The molecule has 0 fully saturated rings. The van der Waals surface area contributed by atoms with E-state index in [4.69, 9.17) is 4.74 Å². The highest BCUT2D eigenvalue weighted by atomic mass is 32.2. The van der Waals surface area contributed by atoms with Crippen molar-refractivity contribution in [2.45, 2.75) is 14.7 Å². The first kappa shape index (κ1) is 24.6. The topological polar surface area (TPSA) is 84.0 Å². The average molecular weight is 531 g/mol. The van der Waals surface area contributed by atoms with Gasteiger partial charge in [0.1, 0.15) is 0 Å². The second kappa shape index (κ2) is 10.1. The number of carbonyl (C=O) groups excluding carboxylic acids is 2. The Bertz CT molecular complexity index is 1530. The van der Waals surface area contributed by atoms with Crippen LogP contribution in [-0.2, 0) is 19.6 Å². The molecular formula is C28H22N2O5S2. The van der Waals surface area contributed by atoms with Gasteiger partial charge in [-0.1, -0.05) is 54.2 Å². The third-order valence-corrected chi connectivity index (χ3v) is 8.81. The Morgan fingerprint density at radius 3 is 1.92 bits per heavy atom. The van der Waals surface area contributed by atoms with E-state index in [0.29, 0.717) is 5.69 Å². The normalized spacial score (nSPS) is 12.3. The van der Waals surface area contributed by atoms with Crippen LogP contribution in [0.5, 0.6) is 0 Å². The maximum atomic E-state index is 13.2. The lowest BCUT2D eigenvalue weighted by Crippen LogP contribution is -2.32. The van der Waals surface area contributed by atoms with E-state index >= 15 is 0 Å². The molecule has 1 heterocycles. The van der Waals surface area contributed by atoms with Crippen LogP contribution in [-0.4, -0.2) is 33.9 Å². The molecule has 186 valence electrons. The third-order valence-electron chi connectivity index (χ3n) is 5.88. The van der Waals surface area contributed by atoms with Crippen molar-refractivity contribution in [3.8, 4) is 0 Å². The van der Waals surface area contributed by atoms with E-state index in [2.05, 4.69) is 0 Å². The summed E-state index contributed by atoms with van der Waals surface area (Å²) in [7, 11) is -2.35. The molecule has 4 aromatic rings. The smallest absolute Gasteiger partial charge is 0.338 e. The van der Waals surface area contributed by atoms with Gasteiger partial charge in [-0.25, -0.2) is 13.2 Å². The summed E-state index contributed by atoms with van der Waals surface area (Å²) >= 11 is 1.57. The number of esters is 1. The van der Waals surface area contributed by atoms with E-state index in [1.807, 2.05) is 48.5 Å². The minimum atomic E-state index is -3.81. The number of rotatable bonds is 6. The number of hydrogen-bond donors (Lipinski definition) is 0. The Labute approximate surface area is 219 Å². The van der Waals surface area contributed by atoms with Crippen LogP contribution in [0, 0.1) is 0 Å². The van der Waals surface area contributed by atoms with Crippen molar-refractivity contribution in [2.24, 2.45) is 0 Å². The molecule has 0 atom stereocenters. The molecule has 0 N–H and O–H groups in total. The highest BCUT2D eigenvalue weighted by Gasteiger charge is 2.29. The van der Waals surface area contributed by atoms with E-state index in [1.54, 1.807) is 47.0 Å². The molecule has 0 saturated heterocycles. The van der Waals surface area contributed by atoms with Gasteiger partial charge in [-0.15, -0.1) is 0 Å². The summed E-state index contributed by atoms with van der Waals surface area (Å²) in [6.07, 6.45) is 0. The van der Waals surface area contributed by atoms with E-state index in [0.717, 1.165) is 21.2 Å². The van der Waals surface area contributed by atoms with E-state index in [9.17, 15) is 18.0 Å². The molecule has 0 saturated carbocycles. The molecule has 0 radical (unpaired) electrons. The van der Waals surface area contributed by atoms with Crippen molar-refractivity contribution in [3.05, 3.63) is 109 Å². The van der Waals surface area contributed by atoms with Gasteiger partial charge >= 0.3 is 5.97 Å². The largest absolute Gasteiger partial charge is 0.452 e. The molecule has 0 bridgehead atoms. The summed E-state index contributed by atoms with van der Waals surface area (Å²) in [6.45, 7) is -0.469. The first-order chi connectivity index (χ1) is 17.9. The van der Waals surface area contributed by atoms with Crippen LogP contribution in [0.25, 0.3) is 0 Å². The predicted octanol–water partition coefficient (Wildman–Crippen LogP) is 5.50. The molecule has 1 amide bonds. The van der Waals surface area contributed by atoms with E-state index in [-0.39, 0.29) is 10.5 Å². The number of nitrogens with zero attached hydrogens (tertiary/aromatic N) is 2. The van der Waals surface area contributed by atoms with Gasteiger partial charge < -0.3 is 4.74 Å². The Hall–Kier alpha value is -4.08. The van der Waals surface area contributed by atoms with Gasteiger partial charge in [0.2, 0.25) is 0 Å². The Kier molecular flexibility index (Phi) is 6.73. The fourth-order valence-corrected chi connectivity index (χ4v) is 6.20. The van der Waals surface area contributed by atoms with Crippen molar-refractivity contribution >= 4 is 50.7 Å². The minimum absolute atomic E-state index is 0.0329. The van der Waals surface area contributed by atoms with Crippen molar-refractivity contribution in [2.75, 3.05) is 22.9 Å².